The van der Waals surface area contributed by atoms with Crippen molar-refractivity contribution in [2.45, 2.75) is 31.5 Å². The van der Waals surface area contributed by atoms with Crippen molar-refractivity contribution in [1.29, 1.82) is 0 Å². The minimum absolute atomic E-state index is 0.0120. The first-order valence-electron chi connectivity index (χ1n) is 10.3. The second kappa shape index (κ2) is 9.31. The Hall–Kier alpha value is -2.19. The van der Waals surface area contributed by atoms with E-state index in [9.17, 15) is 14.0 Å². The van der Waals surface area contributed by atoms with Gasteiger partial charge in [0.25, 0.3) is 0 Å². The van der Waals surface area contributed by atoms with Gasteiger partial charge in [0.05, 0.1) is 26.2 Å². The van der Waals surface area contributed by atoms with Crippen molar-refractivity contribution in [1.82, 2.24) is 14.7 Å². The van der Waals surface area contributed by atoms with E-state index < -0.39 is 0 Å². The molecule has 2 heterocycles. The molecule has 2 saturated heterocycles. The summed E-state index contributed by atoms with van der Waals surface area (Å²) in [6.45, 7) is 1.60. The van der Waals surface area contributed by atoms with E-state index >= 15 is 0 Å². The van der Waals surface area contributed by atoms with Gasteiger partial charge in [0, 0.05) is 71.3 Å². The highest BCUT2D eigenvalue weighted by Crippen LogP contribution is 2.42. The molecule has 166 valence electrons. The Bertz CT molecular complexity index is 786. The van der Waals surface area contributed by atoms with Gasteiger partial charge in [0.1, 0.15) is 11.6 Å². The Labute approximate surface area is 177 Å². The Morgan fingerprint density at radius 3 is 2.43 bits per heavy atom. The lowest BCUT2D eigenvalue weighted by Crippen LogP contribution is -2.35. The second-order valence-corrected chi connectivity index (χ2v) is 8.65. The van der Waals surface area contributed by atoms with E-state index in [1.165, 1.54) is 13.2 Å². The van der Waals surface area contributed by atoms with Crippen molar-refractivity contribution in [2.24, 2.45) is 11.8 Å². The summed E-state index contributed by atoms with van der Waals surface area (Å²) < 4.78 is 25.6. The molecule has 0 unspecified atom stereocenters. The molecular weight excluding hydrogens is 389 g/mol. The third kappa shape index (κ3) is 4.75. The van der Waals surface area contributed by atoms with Crippen molar-refractivity contribution in [3.8, 4) is 5.75 Å². The van der Waals surface area contributed by atoms with E-state index in [4.69, 9.17) is 9.47 Å². The van der Waals surface area contributed by atoms with E-state index in [0.29, 0.717) is 43.9 Å². The summed E-state index contributed by atoms with van der Waals surface area (Å²) in [6.07, 6.45) is 0.465. The molecule has 0 N–H and O–H groups in total. The average Bonchev–Trinajstić information content (AvgIpc) is 3.25. The van der Waals surface area contributed by atoms with E-state index in [-0.39, 0.29) is 41.6 Å². The number of ether oxygens (including phenoxy) is 2. The highest BCUT2D eigenvalue weighted by atomic mass is 19.1. The first-order valence-corrected chi connectivity index (χ1v) is 10.3. The number of carbonyl (C=O) groups excluding carboxylic acids is 2. The van der Waals surface area contributed by atoms with Crippen molar-refractivity contribution in [3.63, 3.8) is 0 Å². The van der Waals surface area contributed by atoms with Crippen molar-refractivity contribution < 1.29 is 23.5 Å². The molecule has 1 aromatic carbocycles. The molecule has 2 fully saturated rings. The molecule has 30 heavy (non-hydrogen) atoms. The topological polar surface area (TPSA) is 62.3 Å². The van der Waals surface area contributed by atoms with Crippen LogP contribution in [0.15, 0.2) is 18.2 Å². The average molecular weight is 422 g/mol. The molecule has 8 heteroatoms. The summed E-state index contributed by atoms with van der Waals surface area (Å²) in [7, 11) is 8.47. The number of carbonyl (C=O) groups is 2. The van der Waals surface area contributed by atoms with Gasteiger partial charge in [-0.1, -0.05) is 6.07 Å². The molecular formula is C22H32FN3O4. The number of amides is 2. The Morgan fingerprint density at radius 1 is 1.17 bits per heavy atom. The van der Waals surface area contributed by atoms with Crippen molar-refractivity contribution in [2.75, 3.05) is 48.5 Å². The zero-order valence-electron chi connectivity index (χ0n) is 18.4. The summed E-state index contributed by atoms with van der Waals surface area (Å²) in [5, 5.41) is 0. The first-order chi connectivity index (χ1) is 14.2. The maximum Gasteiger partial charge on any atom is 0.224 e. The lowest BCUT2D eigenvalue weighted by Gasteiger charge is -2.24. The van der Waals surface area contributed by atoms with Crippen LogP contribution in [0.2, 0.25) is 0 Å². The lowest BCUT2D eigenvalue weighted by atomic mass is 9.84. The fraction of sp³-hybridized carbons (Fsp3) is 0.636. The van der Waals surface area contributed by atoms with Crippen LogP contribution in [0, 0.1) is 17.7 Å². The molecule has 4 atom stereocenters. The largest absolute Gasteiger partial charge is 0.497 e. The summed E-state index contributed by atoms with van der Waals surface area (Å²) in [5.41, 5.74) is 0.585. The van der Waals surface area contributed by atoms with Crippen LogP contribution in [-0.2, 0) is 20.9 Å². The molecule has 2 amide bonds. The van der Waals surface area contributed by atoms with Crippen LogP contribution in [0.1, 0.15) is 18.4 Å². The maximum absolute atomic E-state index is 14.5. The summed E-state index contributed by atoms with van der Waals surface area (Å²) in [4.78, 5) is 30.1. The predicted molar refractivity (Wildman–Crippen MR) is 110 cm³/mol. The normalized spacial score (nSPS) is 25.8. The van der Waals surface area contributed by atoms with Crippen LogP contribution in [0.25, 0.3) is 0 Å². The van der Waals surface area contributed by atoms with Crippen LogP contribution in [-0.4, -0.2) is 87.1 Å². The number of fused-ring (bicyclic) bond motifs is 1. The predicted octanol–water partition coefficient (Wildman–Crippen LogP) is 1.61. The molecule has 0 saturated carbocycles. The number of halogens is 1. The summed E-state index contributed by atoms with van der Waals surface area (Å²) in [6, 6.07) is 4.94. The summed E-state index contributed by atoms with van der Waals surface area (Å²) in [5.74, 6) is 0.375. The van der Waals surface area contributed by atoms with E-state index in [1.807, 2.05) is 0 Å². The molecule has 0 aromatic heterocycles. The highest BCUT2D eigenvalue weighted by molar-refractivity contribution is 5.77. The zero-order chi connectivity index (χ0) is 22.0. The Balaban J connectivity index is 1.79. The zero-order valence-corrected chi connectivity index (χ0v) is 18.4. The third-order valence-corrected chi connectivity index (χ3v) is 6.28. The van der Waals surface area contributed by atoms with E-state index in [1.54, 1.807) is 50.1 Å². The molecule has 2 aliphatic heterocycles. The van der Waals surface area contributed by atoms with Crippen LogP contribution in [0.3, 0.4) is 0 Å². The van der Waals surface area contributed by atoms with E-state index in [2.05, 4.69) is 4.90 Å². The Morgan fingerprint density at radius 2 is 1.83 bits per heavy atom. The van der Waals surface area contributed by atoms with Gasteiger partial charge in [-0.15, -0.1) is 0 Å². The Kier molecular flexibility index (Phi) is 6.98. The SMILES string of the molecule is COc1ccc(CN2C[C@@H](CC(=O)N(C)C)[C@H]3[C@H](CC(=O)N(C)C)OC[C@H]32)c(F)c1. The molecule has 0 spiro atoms. The van der Waals surface area contributed by atoms with E-state index in [0.717, 1.165) is 0 Å². The third-order valence-electron chi connectivity index (χ3n) is 6.28. The van der Waals surface area contributed by atoms with Gasteiger partial charge in [-0.3, -0.25) is 14.5 Å². The number of likely N-dealkylation sites (tertiary alicyclic amines) is 1. The van der Waals surface area contributed by atoms with Gasteiger partial charge in [0.15, 0.2) is 0 Å². The number of methoxy groups -OCH3 is 1. The minimum Gasteiger partial charge on any atom is -0.497 e. The second-order valence-electron chi connectivity index (χ2n) is 8.65. The quantitative estimate of drug-likeness (QED) is 0.669. The standard InChI is InChI=1S/C22H32FN3O4/c1-24(2)20(27)8-15-12-26(11-14-6-7-16(29-5)9-17(14)23)18-13-30-19(22(15)18)10-21(28)25(3)4/h6-7,9,15,18-19,22H,8,10-13H2,1-5H3/t15-,18-,19+,22-/m1/s1. The molecule has 0 aliphatic carbocycles. The van der Waals surface area contributed by atoms with Crippen LogP contribution in [0.4, 0.5) is 4.39 Å². The minimum atomic E-state index is -0.308. The van der Waals surface area contributed by atoms with Crippen LogP contribution >= 0.6 is 0 Å². The first kappa shape index (κ1) is 22.5. The summed E-state index contributed by atoms with van der Waals surface area (Å²) >= 11 is 0. The molecule has 3 rings (SSSR count). The number of nitrogens with zero attached hydrogens (tertiary/aromatic N) is 3. The van der Waals surface area contributed by atoms with Gasteiger partial charge < -0.3 is 19.3 Å². The van der Waals surface area contributed by atoms with Gasteiger partial charge >= 0.3 is 0 Å². The van der Waals surface area contributed by atoms with Crippen molar-refractivity contribution >= 4 is 11.8 Å². The van der Waals surface area contributed by atoms with Gasteiger partial charge in [-0.25, -0.2) is 4.39 Å². The molecule has 2 aliphatic rings. The highest BCUT2D eigenvalue weighted by Gasteiger charge is 2.51. The number of hydrogen-bond donors (Lipinski definition) is 0. The van der Waals surface area contributed by atoms with Gasteiger partial charge in [0.2, 0.25) is 11.8 Å². The number of hydrogen-bond acceptors (Lipinski definition) is 5. The maximum atomic E-state index is 14.5. The van der Waals surface area contributed by atoms with Crippen molar-refractivity contribution in [3.05, 3.63) is 29.6 Å². The van der Waals surface area contributed by atoms with Crippen LogP contribution in [0.5, 0.6) is 5.75 Å². The number of rotatable bonds is 7. The molecule has 0 bridgehead atoms. The lowest BCUT2D eigenvalue weighted by molar-refractivity contribution is -0.131. The number of benzene rings is 1. The van der Waals surface area contributed by atoms with Gasteiger partial charge in [-0.05, 0) is 12.0 Å². The molecule has 1 aromatic rings. The fourth-order valence-corrected chi connectivity index (χ4v) is 4.56. The molecule has 7 nitrogen and oxygen atoms in total. The van der Waals surface area contributed by atoms with Crippen LogP contribution < -0.4 is 4.74 Å². The van der Waals surface area contributed by atoms with Gasteiger partial charge in [-0.2, -0.15) is 0 Å². The fourth-order valence-electron chi connectivity index (χ4n) is 4.56. The smallest absolute Gasteiger partial charge is 0.224 e. The molecule has 0 radical (unpaired) electrons. The monoisotopic (exact) mass is 421 g/mol.